The van der Waals surface area contributed by atoms with Crippen molar-refractivity contribution in [3.8, 4) is 0 Å². The molecule has 7 rings (SSSR count). The molecule has 0 radical (unpaired) electrons. The van der Waals surface area contributed by atoms with Gasteiger partial charge >= 0.3 is 0 Å². The Hall–Kier alpha value is -2.58. The van der Waals surface area contributed by atoms with Crippen molar-refractivity contribution in [2.45, 2.75) is 178 Å². The third-order valence-electron chi connectivity index (χ3n) is 13.6. The zero-order valence-corrected chi connectivity index (χ0v) is 39.1. The lowest BCUT2D eigenvalue weighted by atomic mass is 9.95. The summed E-state index contributed by atoms with van der Waals surface area (Å²) in [4.78, 5) is 6.66. The lowest BCUT2D eigenvalue weighted by Gasteiger charge is -2.49. The summed E-state index contributed by atoms with van der Waals surface area (Å²) in [5.74, 6) is -0.987. The summed E-state index contributed by atoms with van der Waals surface area (Å²) >= 11 is 0. The number of benzene rings is 1. The van der Waals surface area contributed by atoms with Crippen LogP contribution in [-0.4, -0.2) is 324 Å². The lowest BCUT2D eigenvalue weighted by molar-refractivity contribution is -0.394. The Morgan fingerprint density at radius 2 is 0.840 bits per heavy atom. The maximum atomic E-state index is 13.8. The highest BCUT2D eigenvalue weighted by Crippen LogP contribution is 2.36. The van der Waals surface area contributed by atoms with Crippen molar-refractivity contribution >= 4 is 11.0 Å². The minimum Gasteiger partial charge on any atom is -0.394 e. The molecule has 0 saturated carbocycles. The number of aliphatic hydroxyl groups excluding tert-OH is 20. The van der Waals surface area contributed by atoms with Gasteiger partial charge in [0.15, 0.2) is 31.5 Å². The van der Waals surface area contributed by atoms with Crippen molar-refractivity contribution in [1.82, 2.24) is 9.97 Å². The van der Waals surface area contributed by atoms with E-state index in [0.29, 0.717) is 0 Å². The van der Waals surface area contributed by atoms with E-state index in [2.05, 4.69) is 9.97 Å². The number of ether oxygens (including phenoxy) is 10. The van der Waals surface area contributed by atoms with Gasteiger partial charge in [0.1, 0.15) is 158 Å². The summed E-state index contributed by atoms with van der Waals surface area (Å²) in [5.41, 5.74) is 0.291. The molecule has 5 saturated heterocycles. The summed E-state index contributed by atoms with van der Waals surface area (Å²) in [6.45, 7) is -6.05. The van der Waals surface area contributed by atoms with Crippen LogP contribution in [0.3, 0.4) is 0 Å². The quantitative estimate of drug-likeness (QED) is 0.0585. The van der Waals surface area contributed by atoms with E-state index in [1.54, 1.807) is 0 Å². The number of hydrogen-bond acceptors (Lipinski definition) is 31. The molecule has 5 aliphatic rings. The van der Waals surface area contributed by atoms with Gasteiger partial charge in [0.25, 0.3) is 0 Å². The highest BCUT2D eigenvalue weighted by molar-refractivity contribution is 5.75. The molecule has 0 amide bonds. The Kier molecular flexibility index (Phi) is 20.6. The zero-order valence-electron chi connectivity index (χ0n) is 39.1. The smallest absolute Gasteiger partial charge is 0.187 e. The normalized spacial score (nSPS) is 44.6. The first kappa shape index (κ1) is 60.1. The van der Waals surface area contributed by atoms with Crippen molar-refractivity contribution in [2.24, 2.45) is 0 Å². The molecule has 5 aliphatic heterocycles. The molecule has 0 aliphatic carbocycles. The standard InChI is InChI=1S/C42H65FN2O30/c43-10-1-2-11-12(3-10)45-37(44-11)26(60)21(55)32(13(52)4-46)71-39-28(62)22(56)34(15(6-48)67-39)73-41-30(64)24(58)36(17(8-50)69-41)75-42-31(65)25(59)35(18(9-51)70-42)74-40-29(63)23(57)33(16(7-49)68-40)72-38-27(61)20(54)19(53)14(5-47)66-38/h1-3,13-36,38-42,46-65H,4-9H2,(H,44,45)/t13?,14?,15?,16?,17?,18?,19-,20?,21-,22?,23?,24?,25?,26?,27+,28+,29+,30+,31+,32+,33-,34+,35-,36-,38-,39-,40-,41-,42-/m1/s1. The molecular weight excluding hydrogens is 1030 g/mol. The lowest BCUT2D eigenvalue weighted by Crippen LogP contribution is -2.68. The Morgan fingerprint density at radius 3 is 1.23 bits per heavy atom. The van der Waals surface area contributed by atoms with E-state index in [1.165, 1.54) is 6.07 Å². The van der Waals surface area contributed by atoms with Gasteiger partial charge in [0.2, 0.25) is 0 Å². The van der Waals surface area contributed by atoms with Crippen LogP contribution < -0.4 is 0 Å². The first-order chi connectivity index (χ1) is 35.6. The van der Waals surface area contributed by atoms with E-state index in [1.807, 2.05) is 0 Å². The number of aromatic nitrogens is 2. The number of halogens is 1. The van der Waals surface area contributed by atoms with E-state index in [-0.39, 0.29) is 16.9 Å². The zero-order chi connectivity index (χ0) is 54.9. The Bertz CT molecular complexity index is 2080. The molecule has 1 aromatic carbocycles. The number of nitrogens with one attached hydrogen (secondary N) is 1. The number of fused-ring (bicyclic) bond motifs is 1. The van der Waals surface area contributed by atoms with Gasteiger partial charge < -0.3 is 154 Å². The van der Waals surface area contributed by atoms with Gasteiger partial charge in [-0.3, -0.25) is 0 Å². The topological polar surface area (TPSA) is 526 Å². The summed E-state index contributed by atoms with van der Waals surface area (Å²) < 4.78 is 69.5. The SMILES string of the molecule is OCC1O[C@H](O[C@@H]2C(CO)O[C@H](O[C@@H]3C(CO)O[C@H](O[C@@H]4C(CO)O[C@H](O[C@H]5C(CO)O[C@H](O[C@@H](C(O)CO)[C@H](O)C(O)c6nc7ccc(F)cc7[nH]6)[C@@H](O)C5O)[C@@H](O)C4O)[C@@H](O)C3O)[C@@H](O)C2O)[C@@H](O)C(O)[C@@H]1O. The van der Waals surface area contributed by atoms with Crippen LogP contribution in [0, 0.1) is 5.82 Å². The molecule has 12 unspecified atom stereocenters. The maximum Gasteiger partial charge on any atom is 0.187 e. The first-order valence-corrected chi connectivity index (χ1v) is 23.5. The van der Waals surface area contributed by atoms with Crippen LogP contribution in [0.1, 0.15) is 11.9 Å². The van der Waals surface area contributed by atoms with Crippen LogP contribution in [0.25, 0.3) is 11.0 Å². The minimum atomic E-state index is -2.22. The number of imidazole rings is 1. The summed E-state index contributed by atoms with van der Waals surface area (Å²) in [7, 11) is 0. The van der Waals surface area contributed by atoms with Crippen molar-refractivity contribution in [2.75, 3.05) is 39.6 Å². The van der Waals surface area contributed by atoms with Gasteiger partial charge in [0.05, 0.1) is 50.7 Å². The summed E-state index contributed by atoms with van der Waals surface area (Å²) in [6, 6.07) is 3.40. The number of hydrogen-bond donors (Lipinski definition) is 21. The molecule has 2 aromatic rings. The second-order valence-corrected chi connectivity index (χ2v) is 18.5. The Labute approximate surface area is 421 Å². The summed E-state index contributed by atoms with van der Waals surface area (Å²) in [6.07, 6.45) is -56.9. The first-order valence-electron chi connectivity index (χ1n) is 23.5. The largest absolute Gasteiger partial charge is 0.394 e. The minimum absolute atomic E-state index is 0.117. The van der Waals surface area contributed by atoms with Crippen LogP contribution in [0.5, 0.6) is 0 Å². The molecule has 75 heavy (non-hydrogen) atoms. The van der Waals surface area contributed by atoms with Crippen LogP contribution in [0.4, 0.5) is 4.39 Å². The average Bonchev–Trinajstić information content (AvgIpc) is 3.83. The molecule has 0 bridgehead atoms. The fourth-order valence-electron chi connectivity index (χ4n) is 9.27. The predicted octanol–water partition coefficient (Wildman–Crippen LogP) is -12.1. The van der Waals surface area contributed by atoms with Gasteiger partial charge in [-0.2, -0.15) is 0 Å². The second kappa shape index (κ2) is 25.7. The molecule has 6 heterocycles. The number of aromatic amines is 1. The monoisotopic (exact) mass is 1100 g/mol. The summed E-state index contributed by atoms with van der Waals surface area (Å²) in [5, 5.41) is 213. The van der Waals surface area contributed by atoms with Crippen LogP contribution in [0.2, 0.25) is 0 Å². The number of rotatable bonds is 20. The van der Waals surface area contributed by atoms with E-state index in [9.17, 15) is 107 Å². The van der Waals surface area contributed by atoms with Gasteiger partial charge in [-0.1, -0.05) is 0 Å². The van der Waals surface area contributed by atoms with Crippen molar-refractivity contribution in [3.63, 3.8) is 0 Å². The van der Waals surface area contributed by atoms with Crippen LogP contribution in [-0.2, 0) is 47.4 Å². The maximum absolute atomic E-state index is 13.8. The van der Waals surface area contributed by atoms with Crippen LogP contribution in [0.15, 0.2) is 18.2 Å². The highest BCUT2D eigenvalue weighted by atomic mass is 19.1. The highest BCUT2D eigenvalue weighted by Gasteiger charge is 2.57. The van der Waals surface area contributed by atoms with Crippen molar-refractivity contribution < 1.29 is 154 Å². The molecule has 5 fully saturated rings. The predicted molar refractivity (Wildman–Crippen MR) is 229 cm³/mol. The van der Waals surface area contributed by atoms with E-state index in [4.69, 9.17) is 47.4 Å². The number of aliphatic hydroxyl groups is 20. The van der Waals surface area contributed by atoms with Gasteiger partial charge in [0, 0.05) is 0 Å². The fourth-order valence-corrected chi connectivity index (χ4v) is 9.27. The molecule has 21 N–H and O–H groups in total. The molecule has 33 heteroatoms. The van der Waals surface area contributed by atoms with Gasteiger partial charge in [-0.05, 0) is 18.2 Å². The van der Waals surface area contributed by atoms with Crippen molar-refractivity contribution in [3.05, 3.63) is 29.8 Å². The van der Waals surface area contributed by atoms with Crippen molar-refractivity contribution in [1.29, 1.82) is 0 Å². The third-order valence-corrected chi connectivity index (χ3v) is 13.6. The number of H-pyrrole nitrogens is 1. The van der Waals surface area contributed by atoms with E-state index < -0.39 is 223 Å². The van der Waals surface area contributed by atoms with E-state index in [0.717, 1.165) is 12.1 Å². The second-order valence-electron chi connectivity index (χ2n) is 18.5. The Morgan fingerprint density at radius 1 is 0.480 bits per heavy atom. The van der Waals surface area contributed by atoms with Gasteiger partial charge in [-0.15, -0.1) is 0 Å². The average molecular weight is 1100 g/mol. The molecule has 430 valence electrons. The Balaban J connectivity index is 0.965. The van der Waals surface area contributed by atoms with Crippen LogP contribution >= 0.6 is 0 Å². The third kappa shape index (κ3) is 12.4. The van der Waals surface area contributed by atoms with Gasteiger partial charge in [-0.25, -0.2) is 9.37 Å². The molecule has 29 atom stereocenters. The molecule has 1 aromatic heterocycles. The molecule has 32 nitrogen and oxygen atoms in total. The molecule has 0 spiro atoms. The number of nitrogens with zero attached hydrogens (tertiary/aromatic N) is 1. The van der Waals surface area contributed by atoms with E-state index >= 15 is 0 Å². The fraction of sp³-hybridized carbons (Fsp3) is 0.833. The molecular formula is C42H65FN2O30.